The molecule has 0 spiro atoms. The Kier molecular flexibility index (Phi) is 7.20. The second kappa shape index (κ2) is 10.1. The van der Waals surface area contributed by atoms with Crippen LogP contribution in [0.25, 0.3) is 10.9 Å². The second-order valence-corrected chi connectivity index (χ2v) is 10.3. The highest BCUT2D eigenvalue weighted by Gasteiger charge is 2.28. The molecule has 2 heterocycles. The first-order valence-corrected chi connectivity index (χ1v) is 12.8. The normalized spacial score (nSPS) is 16.9. The number of hydrogen-bond acceptors (Lipinski definition) is 6. The fourth-order valence-corrected chi connectivity index (χ4v) is 5.40. The van der Waals surface area contributed by atoms with Crippen molar-refractivity contribution in [2.75, 3.05) is 13.2 Å². The predicted octanol–water partition coefficient (Wildman–Crippen LogP) is 0.422. The van der Waals surface area contributed by atoms with E-state index in [1.165, 1.54) is 36.9 Å². The maximum absolute atomic E-state index is 13.3. The van der Waals surface area contributed by atoms with Crippen LogP contribution in [0.3, 0.4) is 0 Å². The van der Waals surface area contributed by atoms with E-state index in [4.69, 9.17) is 4.74 Å². The summed E-state index contributed by atoms with van der Waals surface area (Å²) in [5.74, 6) is -0.466. The predicted molar refractivity (Wildman–Crippen MR) is 131 cm³/mol. The van der Waals surface area contributed by atoms with Crippen LogP contribution < -0.4 is 21.3 Å². The minimum Gasteiger partial charge on any atom is -0.376 e. The molecule has 10 nitrogen and oxygen atoms in total. The molecule has 35 heavy (non-hydrogen) atoms. The maximum atomic E-state index is 13.3. The summed E-state index contributed by atoms with van der Waals surface area (Å²) in [5.41, 5.74) is -0.0144. The number of benzene rings is 2. The lowest BCUT2D eigenvalue weighted by Gasteiger charge is -2.20. The van der Waals surface area contributed by atoms with E-state index in [1.807, 2.05) is 30.3 Å². The first kappa shape index (κ1) is 24.8. The Labute approximate surface area is 202 Å². The van der Waals surface area contributed by atoms with E-state index in [1.54, 1.807) is 0 Å². The molecular weight excluding hydrogens is 472 g/mol. The average molecular weight is 501 g/mol. The highest BCUT2D eigenvalue weighted by atomic mass is 32.2. The number of ether oxygens (including phenoxy) is 1. The van der Waals surface area contributed by atoms with Crippen LogP contribution in [-0.2, 0) is 40.1 Å². The Hall–Kier alpha value is -3.28. The number of nitrogens with one attached hydrogen (secondary N) is 2. The third kappa shape index (κ3) is 5.37. The van der Waals surface area contributed by atoms with E-state index >= 15 is 0 Å². The Balaban J connectivity index is 1.64. The Morgan fingerprint density at radius 3 is 2.54 bits per heavy atom. The van der Waals surface area contributed by atoms with Crippen LogP contribution in [0.1, 0.15) is 18.4 Å². The van der Waals surface area contributed by atoms with Gasteiger partial charge in [-0.1, -0.05) is 30.3 Å². The number of carbonyl (C=O) groups is 1. The quantitative estimate of drug-likeness (QED) is 0.461. The van der Waals surface area contributed by atoms with Gasteiger partial charge in [0.1, 0.15) is 6.04 Å². The second-order valence-electron chi connectivity index (χ2n) is 8.63. The molecule has 0 aliphatic carbocycles. The van der Waals surface area contributed by atoms with E-state index < -0.39 is 33.2 Å². The summed E-state index contributed by atoms with van der Waals surface area (Å²) < 4.78 is 36.8. The third-order valence-electron chi connectivity index (χ3n) is 6.17. The molecule has 1 amide bonds. The van der Waals surface area contributed by atoms with Crippen LogP contribution in [0.15, 0.2) is 63.0 Å². The number of carbonyl (C=O) groups excluding carboxylic acids is 1. The van der Waals surface area contributed by atoms with Crippen molar-refractivity contribution in [3.8, 4) is 0 Å². The standard InChI is InChI=1S/C24H28N4O6S/c1-27-21-11-10-18(14-19(21)23(30)28(2)24(27)31)35(32,33)26-20(13-16-7-4-3-5-8-16)22(29)25-15-17-9-6-12-34-17/h3-5,7-8,10-11,14,17,20,26H,6,9,12-13,15H2,1-2H3,(H,25,29)/t17-,20+/m0/s1. The van der Waals surface area contributed by atoms with Gasteiger partial charge in [0, 0.05) is 27.2 Å². The summed E-state index contributed by atoms with van der Waals surface area (Å²) in [4.78, 5) is 37.6. The lowest BCUT2D eigenvalue weighted by molar-refractivity contribution is -0.123. The first-order chi connectivity index (χ1) is 16.7. The summed E-state index contributed by atoms with van der Waals surface area (Å²) in [5, 5.41) is 2.88. The molecule has 3 aromatic rings. The van der Waals surface area contributed by atoms with E-state index in [0.717, 1.165) is 23.0 Å². The van der Waals surface area contributed by atoms with Crippen LogP contribution in [0, 0.1) is 0 Å². The number of hydrogen-bond donors (Lipinski definition) is 2. The molecule has 0 saturated carbocycles. The topological polar surface area (TPSA) is 128 Å². The zero-order chi connectivity index (χ0) is 25.2. The number of rotatable bonds is 8. The molecule has 1 aliphatic heterocycles. The third-order valence-corrected chi connectivity index (χ3v) is 7.64. The number of amides is 1. The molecule has 1 aromatic heterocycles. The van der Waals surface area contributed by atoms with Crippen LogP contribution in [-0.4, -0.2) is 48.8 Å². The molecule has 0 bridgehead atoms. The number of aromatic nitrogens is 2. The number of nitrogens with zero attached hydrogens (tertiary/aromatic N) is 2. The van der Waals surface area contributed by atoms with Crippen LogP contribution in [0.5, 0.6) is 0 Å². The van der Waals surface area contributed by atoms with Crippen LogP contribution in [0.4, 0.5) is 0 Å². The van der Waals surface area contributed by atoms with Crippen LogP contribution in [0.2, 0.25) is 0 Å². The van der Waals surface area contributed by atoms with Gasteiger partial charge in [-0.05, 0) is 43.0 Å². The number of fused-ring (bicyclic) bond motifs is 1. The van der Waals surface area contributed by atoms with Crippen LogP contribution >= 0.6 is 0 Å². The van der Waals surface area contributed by atoms with Gasteiger partial charge in [-0.3, -0.25) is 18.7 Å². The highest BCUT2D eigenvalue weighted by Crippen LogP contribution is 2.17. The maximum Gasteiger partial charge on any atom is 0.330 e. The van der Waals surface area contributed by atoms with Crippen molar-refractivity contribution in [3.05, 3.63) is 74.9 Å². The number of aryl methyl sites for hydroxylation is 1. The SMILES string of the molecule is Cn1c(=O)c2cc(S(=O)(=O)N[C@H](Cc3ccccc3)C(=O)NC[C@@H]3CCCO3)ccc2n(C)c1=O. The summed E-state index contributed by atoms with van der Waals surface area (Å²) in [6.45, 7) is 0.944. The average Bonchev–Trinajstić information content (AvgIpc) is 3.38. The van der Waals surface area contributed by atoms with Crippen molar-refractivity contribution in [1.82, 2.24) is 19.2 Å². The molecule has 186 valence electrons. The molecule has 1 fully saturated rings. The lowest BCUT2D eigenvalue weighted by atomic mass is 10.1. The first-order valence-electron chi connectivity index (χ1n) is 11.3. The molecule has 4 rings (SSSR count). The van der Waals surface area contributed by atoms with E-state index in [-0.39, 0.29) is 22.8 Å². The van der Waals surface area contributed by atoms with Crippen molar-refractivity contribution in [2.45, 2.75) is 36.3 Å². The largest absolute Gasteiger partial charge is 0.376 e. The van der Waals surface area contributed by atoms with Gasteiger partial charge in [0.2, 0.25) is 15.9 Å². The Bertz CT molecular complexity index is 1460. The minimum atomic E-state index is -4.18. The van der Waals surface area contributed by atoms with E-state index in [2.05, 4.69) is 10.0 Å². The van der Waals surface area contributed by atoms with Crippen molar-refractivity contribution >= 4 is 26.8 Å². The monoisotopic (exact) mass is 500 g/mol. The van der Waals surface area contributed by atoms with Crippen molar-refractivity contribution in [1.29, 1.82) is 0 Å². The molecule has 2 aromatic carbocycles. The molecule has 1 saturated heterocycles. The minimum absolute atomic E-state index is 0.0833. The van der Waals surface area contributed by atoms with Gasteiger partial charge in [0.25, 0.3) is 5.56 Å². The summed E-state index contributed by atoms with van der Waals surface area (Å²) in [6.07, 6.45) is 1.81. The molecule has 11 heteroatoms. The highest BCUT2D eigenvalue weighted by molar-refractivity contribution is 7.89. The van der Waals surface area contributed by atoms with Gasteiger partial charge in [-0.2, -0.15) is 4.72 Å². The van der Waals surface area contributed by atoms with Gasteiger partial charge in [-0.15, -0.1) is 0 Å². The smallest absolute Gasteiger partial charge is 0.330 e. The van der Waals surface area contributed by atoms with Crippen molar-refractivity contribution in [2.24, 2.45) is 14.1 Å². The molecule has 0 radical (unpaired) electrons. The van der Waals surface area contributed by atoms with Gasteiger partial charge in [-0.25, -0.2) is 13.2 Å². The van der Waals surface area contributed by atoms with E-state index in [9.17, 15) is 22.8 Å². The molecular formula is C24H28N4O6S. The van der Waals surface area contributed by atoms with Gasteiger partial charge >= 0.3 is 5.69 Å². The summed E-state index contributed by atoms with van der Waals surface area (Å²) >= 11 is 0. The Morgan fingerprint density at radius 1 is 1.11 bits per heavy atom. The molecule has 0 unspecified atom stereocenters. The molecule has 2 atom stereocenters. The summed E-state index contributed by atoms with van der Waals surface area (Å²) in [7, 11) is -1.35. The van der Waals surface area contributed by atoms with E-state index in [0.29, 0.717) is 18.7 Å². The summed E-state index contributed by atoms with van der Waals surface area (Å²) in [6, 6.07) is 12.0. The fraction of sp³-hybridized carbons (Fsp3) is 0.375. The van der Waals surface area contributed by atoms with Gasteiger partial charge < -0.3 is 10.1 Å². The number of sulfonamides is 1. The zero-order valence-electron chi connectivity index (χ0n) is 19.6. The zero-order valence-corrected chi connectivity index (χ0v) is 20.4. The molecule has 1 aliphatic rings. The lowest BCUT2D eigenvalue weighted by Crippen LogP contribution is -2.49. The van der Waals surface area contributed by atoms with Crippen molar-refractivity contribution < 1.29 is 17.9 Å². The van der Waals surface area contributed by atoms with Gasteiger partial charge in [0.05, 0.1) is 21.9 Å². The molecule has 2 N–H and O–H groups in total. The van der Waals surface area contributed by atoms with Crippen molar-refractivity contribution in [3.63, 3.8) is 0 Å². The fourth-order valence-electron chi connectivity index (χ4n) is 4.18. The van der Waals surface area contributed by atoms with Gasteiger partial charge in [0.15, 0.2) is 0 Å². The Morgan fingerprint density at radius 2 is 1.86 bits per heavy atom.